The minimum absolute atomic E-state index is 0.576. The minimum atomic E-state index is 0.576. The fourth-order valence-electron chi connectivity index (χ4n) is 1.33. The number of ether oxygens (including phenoxy) is 1. The Kier molecular flexibility index (Phi) is 4.56. The lowest BCUT2D eigenvalue weighted by atomic mass is 10.1. The second kappa shape index (κ2) is 5.92. The molecule has 1 aliphatic rings. The van der Waals surface area contributed by atoms with Gasteiger partial charge in [-0.2, -0.15) is 0 Å². The Labute approximate surface area is 102 Å². The standard InChI is InChI=1S/C13H17N3O/c1-10(9-16(2)3)15-13-7-12(17-4)6-5-11(13)8-14/h7-8H,1,9,14H2,2-4H3/b11-8-,15-13-. The molecule has 0 heterocycles. The molecular formula is C13H17N3O. The molecule has 0 atom stereocenters. The number of likely N-dealkylation sites (N-methyl/N-ethyl adjacent to an activating group) is 1. The van der Waals surface area contributed by atoms with Gasteiger partial charge >= 0.3 is 0 Å². The van der Waals surface area contributed by atoms with Crippen molar-refractivity contribution in [1.82, 2.24) is 4.90 Å². The molecule has 0 saturated carbocycles. The molecule has 90 valence electrons. The van der Waals surface area contributed by atoms with Gasteiger partial charge in [0.25, 0.3) is 0 Å². The van der Waals surface area contributed by atoms with Crippen LogP contribution in [-0.2, 0) is 4.74 Å². The summed E-state index contributed by atoms with van der Waals surface area (Å²) in [7, 11) is 5.49. The quantitative estimate of drug-likeness (QED) is 0.731. The average Bonchev–Trinajstić information content (AvgIpc) is 2.27. The van der Waals surface area contributed by atoms with Crippen LogP contribution in [0.5, 0.6) is 0 Å². The summed E-state index contributed by atoms with van der Waals surface area (Å²) in [6.45, 7) is 4.58. The Morgan fingerprint density at radius 2 is 2.29 bits per heavy atom. The van der Waals surface area contributed by atoms with E-state index in [9.17, 15) is 0 Å². The maximum atomic E-state index is 5.50. The van der Waals surface area contributed by atoms with Crippen molar-refractivity contribution in [2.75, 3.05) is 27.7 Å². The highest BCUT2D eigenvalue weighted by atomic mass is 16.5. The van der Waals surface area contributed by atoms with Gasteiger partial charge in [-0.05, 0) is 20.0 Å². The molecule has 0 fully saturated rings. The first-order chi connectivity index (χ1) is 8.06. The Balaban J connectivity index is 2.96. The van der Waals surface area contributed by atoms with E-state index < -0.39 is 0 Å². The predicted octanol–water partition coefficient (Wildman–Crippen LogP) is 0.893. The molecule has 0 amide bonds. The normalized spacial score (nSPS) is 18.9. The molecule has 0 saturated heterocycles. The number of hydrogen-bond donors (Lipinski definition) is 1. The van der Waals surface area contributed by atoms with Crippen LogP contribution in [0.4, 0.5) is 0 Å². The molecule has 0 aliphatic heterocycles. The summed E-state index contributed by atoms with van der Waals surface area (Å²) in [5, 5.41) is 0. The third-order valence-corrected chi connectivity index (χ3v) is 2.03. The van der Waals surface area contributed by atoms with Gasteiger partial charge in [-0.3, -0.25) is 4.99 Å². The smallest absolute Gasteiger partial charge is 0.172 e. The lowest BCUT2D eigenvalue weighted by molar-refractivity contribution is 0.311. The first-order valence-electron chi connectivity index (χ1n) is 5.18. The molecule has 4 nitrogen and oxygen atoms in total. The summed E-state index contributed by atoms with van der Waals surface area (Å²) in [6.07, 6.45) is 3.20. The highest BCUT2D eigenvalue weighted by molar-refractivity contribution is 6.13. The SMILES string of the molecule is C=C(CN(C)C)/N=C1/C=C(OC)C#C/C1=C/N. The van der Waals surface area contributed by atoms with Crippen molar-refractivity contribution < 1.29 is 4.74 Å². The predicted molar refractivity (Wildman–Crippen MR) is 70.3 cm³/mol. The van der Waals surface area contributed by atoms with E-state index in [1.807, 2.05) is 19.0 Å². The van der Waals surface area contributed by atoms with E-state index in [2.05, 4.69) is 23.4 Å². The molecule has 0 aromatic heterocycles. The second-order valence-electron chi connectivity index (χ2n) is 3.84. The monoisotopic (exact) mass is 231 g/mol. The van der Waals surface area contributed by atoms with E-state index >= 15 is 0 Å². The zero-order chi connectivity index (χ0) is 12.8. The van der Waals surface area contributed by atoms with Gasteiger partial charge in [-0.15, -0.1) is 0 Å². The van der Waals surface area contributed by atoms with Crippen LogP contribution in [0.3, 0.4) is 0 Å². The summed E-state index contributed by atoms with van der Waals surface area (Å²) in [5.74, 6) is 6.30. The number of allylic oxidation sites excluding steroid dienone is 3. The molecule has 0 aromatic carbocycles. The molecular weight excluding hydrogens is 214 g/mol. The molecule has 0 aromatic rings. The van der Waals surface area contributed by atoms with E-state index in [0.29, 0.717) is 23.6 Å². The second-order valence-corrected chi connectivity index (χ2v) is 3.84. The lowest BCUT2D eigenvalue weighted by Crippen LogP contribution is -2.15. The number of nitrogens with two attached hydrogens (primary N) is 1. The Hall–Kier alpha value is -1.99. The zero-order valence-electron chi connectivity index (χ0n) is 10.4. The number of nitrogens with zero attached hydrogens (tertiary/aromatic N) is 2. The largest absolute Gasteiger partial charge is 0.489 e. The molecule has 0 unspecified atom stereocenters. The number of rotatable bonds is 4. The third kappa shape index (κ3) is 3.82. The van der Waals surface area contributed by atoms with Gasteiger partial charge in [-0.25, -0.2) is 0 Å². The highest BCUT2D eigenvalue weighted by Crippen LogP contribution is 2.10. The summed E-state index contributed by atoms with van der Waals surface area (Å²) in [4.78, 5) is 6.39. The van der Waals surface area contributed by atoms with Gasteiger partial charge in [0.15, 0.2) is 5.76 Å². The molecule has 1 aliphatic carbocycles. The number of aliphatic imine (C=N–C) groups is 1. The Morgan fingerprint density at radius 3 is 2.82 bits per heavy atom. The lowest BCUT2D eigenvalue weighted by Gasteiger charge is -2.11. The molecule has 4 heteroatoms. The topological polar surface area (TPSA) is 50.8 Å². The van der Waals surface area contributed by atoms with Crippen molar-refractivity contribution in [3.63, 3.8) is 0 Å². The van der Waals surface area contributed by atoms with Crippen molar-refractivity contribution >= 4 is 5.71 Å². The highest BCUT2D eigenvalue weighted by Gasteiger charge is 2.09. The molecule has 0 spiro atoms. The van der Waals surface area contributed by atoms with Crippen LogP contribution in [-0.4, -0.2) is 38.4 Å². The van der Waals surface area contributed by atoms with Gasteiger partial charge in [-0.1, -0.05) is 12.5 Å². The van der Waals surface area contributed by atoms with Crippen LogP contribution >= 0.6 is 0 Å². The third-order valence-electron chi connectivity index (χ3n) is 2.03. The first kappa shape index (κ1) is 13.1. The van der Waals surface area contributed by atoms with Crippen molar-refractivity contribution in [2.24, 2.45) is 10.7 Å². The van der Waals surface area contributed by atoms with Gasteiger partial charge in [0, 0.05) is 24.5 Å². The molecule has 2 N–H and O–H groups in total. The number of hydrogen-bond acceptors (Lipinski definition) is 4. The van der Waals surface area contributed by atoms with E-state index in [1.54, 1.807) is 13.2 Å². The molecule has 17 heavy (non-hydrogen) atoms. The van der Waals surface area contributed by atoms with Crippen LogP contribution in [0.1, 0.15) is 0 Å². The van der Waals surface area contributed by atoms with Gasteiger partial charge in [0.2, 0.25) is 0 Å². The van der Waals surface area contributed by atoms with E-state index in [-0.39, 0.29) is 0 Å². The summed E-state index contributed by atoms with van der Waals surface area (Å²) in [5.41, 5.74) is 7.63. The maximum Gasteiger partial charge on any atom is 0.172 e. The van der Waals surface area contributed by atoms with Crippen LogP contribution in [0.15, 0.2) is 40.9 Å². The summed E-state index contributed by atoms with van der Waals surface area (Å²) >= 11 is 0. The van der Waals surface area contributed by atoms with Gasteiger partial charge in [0.05, 0.1) is 18.4 Å². The fourth-order valence-corrected chi connectivity index (χ4v) is 1.33. The van der Waals surface area contributed by atoms with Gasteiger partial charge < -0.3 is 15.4 Å². The first-order valence-corrected chi connectivity index (χ1v) is 5.18. The number of methoxy groups -OCH3 is 1. The molecule has 1 rings (SSSR count). The molecule has 0 bridgehead atoms. The minimum Gasteiger partial charge on any atom is -0.489 e. The van der Waals surface area contributed by atoms with E-state index in [0.717, 1.165) is 5.70 Å². The van der Waals surface area contributed by atoms with Crippen LogP contribution in [0, 0.1) is 11.8 Å². The Morgan fingerprint density at radius 1 is 1.59 bits per heavy atom. The van der Waals surface area contributed by atoms with Crippen molar-refractivity contribution in [3.8, 4) is 11.8 Å². The van der Waals surface area contributed by atoms with Crippen LogP contribution < -0.4 is 5.73 Å². The van der Waals surface area contributed by atoms with Gasteiger partial charge in [0.1, 0.15) is 0 Å². The summed E-state index contributed by atoms with van der Waals surface area (Å²) in [6, 6.07) is 0. The summed E-state index contributed by atoms with van der Waals surface area (Å²) < 4.78 is 5.08. The van der Waals surface area contributed by atoms with Crippen molar-refractivity contribution in [3.05, 3.63) is 35.9 Å². The van der Waals surface area contributed by atoms with Crippen LogP contribution in [0.25, 0.3) is 0 Å². The fraction of sp³-hybridized carbons (Fsp3) is 0.308. The Bertz CT molecular complexity index is 459. The maximum absolute atomic E-state index is 5.50. The van der Waals surface area contributed by atoms with E-state index in [1.165, 1.54) is 6.20 Å². The van der Waals surface area contributed by atoms with Crippen LogP contribution in [0.2, 0.25) is 0 Å². The zero-order valence-corrected chi connectivity index (χ0v) is 10.4. The van der Waals surface area contributed by atoms with E-state index in [4.69, 9.17) is 10.5 Å². The van der Waals surface area contributed by atoms with Crippen molar-refractivity contribution in [2.45, 2.75) is 0 Å². The molecule has 0 radical (unpaired) electrons. The van der Waals surface area contributed by atoms with Crippen molar-refractivity contribution in [1.29, 1.82) is 0 Å². The average molecular weight is 231 g/mol.